The fourth-order valence-corrected chi connectivity index (χ4v) is 2.08. The van der Waals surface area contributed by atoms with E-state index in [0.29, 0.717) is 0 Å². The molecule has 2 rings (SSSR count). The molecule has 0 saturated carbocycles. The third-order valence-electron chi connectivity index (χ3n) is 2.81. The van der Waals surface area contributed by atoms with Crippen molar-refractivity contribution in [2.75, 3.05) is 39.4 Å². The molecule has 0 aromatic rings. The normalized spacial score (nSPS) is 33.5. The van der Waals surface area contributed by atoms with Crippen LogP contribution in [0.5, 0.6) is 0 Å². The molecular formula is C9H18N2O. The van der Waals surface area contributed by atoms with Crippen LogP contribution in [0.15, 0.2) is 0 Å². The first-order chi connectivity index (χ1) is 5.97. The molecule has 1 unspecified atom stereocenters. The van der Waals surface area contributed by atoms with Gasteiger partial charge in [-0.25, -0.2) is 0 Å². The molecule has 0 amide bonds. The van der Waals surface area contributed by atoms with Gasteiger partial charge in [0.2, 0.25) is 0 Å². The minimum atomic E-state index is 0.784. The Balaban J connectivity index is 1.83. The minimum absolute atomic E-state index is 0.784. The molecule has 2 aliphatic rings. The number of nitrogens with zero attached hydrogens (tertiary/aromatic N) is 1. The Hall–Kier alpha value is -0.120. The van der Waals surface area contributed by atoms with Crippen LogP contribution in [-0.2, 0) is 4.74 Å². The van der Waals surface area contributed by atoms with Gasteiger partial charge in [-0.1, -0.05) is 0 Å². The highest BCUT2D eigenvalue weighted by Gasteiger charge is 2.22. The Labute approximate surface area is 74.1 Å². The van der Waals surface area contributed by atoms with Crippen LogP contribution < -0.4 is 5.32 Å². The molecule has 70 valence electrons. The van der Waals surface area contributed by atoms with Crippen molar-refractivity contribution in [3.05, 3.63) is 0 Å². The van der Waals surface area contributed by atoms with Gasteiger partial charge in [0.1, 0.15) is 0 Å². The van der Waals surface area contributed by atoms with Crippen LogP contribution in [0.2, 0.25) is 0 Å². The van der Waals surface area contributed by atoms with Crippen LogP contribution in [0.1, 0.15) is 12.8 Å². The maximum atomic E-state index is 5.42. The Morgan fingerprint density at radius 2 is 2.25 bits per heavy atom. The number of nitrogens with one attached hydrogen (secondary N) is 1. The van der Waals surface area contributed by atoms with Crippen molar-refractivity contribution in [1.82, 2.24) is 10.2 Å². The Morgan fingerprint density at radius 1 is 1.25 bits per heavy atom. The van der Waals surface area contributed by atoms with E-state index in [2.05, 4.69) is 10.2 Å². The average Bonchev–Trinajstić information content (AvgIpc) is 2.48. The van der Waals surface area contributed by atoms with Gasteiger partial charge >= 0.3 is 0 Å². The van der Waals surface area contributed by atoms with Crippen LogP contribution >= 0.6 is 0 Å². The second kappa shape index (κ2) is 4.21. The van der Waals surface area contributed by atoms with E-state index in [1.165, 1.54) is 32.5 Å². The van der Waals surface area contributed by atoms with Crippen LogP contribution in [-0.4, -0.2) is 50.3 Å². The lowest BCUT2D eigenvalue weighted by atomic mass is 10.2. The van der Waals surface area contributed by atoms with Crippen molar-refractivity contribution >= 4 is 0 Å². The van der Waals surface area contributed by atoms with Crippen molar-refractivity contribution in [2.24, 2.45) is 0 Å². The highest BCUT2D eigenvalue weighted by atomic mass is 16.5. The van der Waals surface area contributed by atoms with Crippen molar-refractivity contribution in [3.8, 4) is 0 Å². The van der Waals surface area contributed by atoms with Gasteiger partial charge in [0.05, 0.1) is 6.61 Å². The second-order valence-corrected chi connectivity index (χ2v) is 3.65. The summed E-state index contributed by atoms with van der Waals surface area (Å²) in [6.45, 7) is 6.62. The van der Waals surface area contributed by atoms with E-state index >= 15 is 0 Å². The summed E-state index contributed by atoms with van der Waals surface area (Å²) in [5.74, 6) is 0. The molecule has 0 aromatic carbocycles. The predicted octanol–water partition coefficient (Wildman–Crippen LogP) is 0.0706. The molecule has 3 heteroatoms. The van der Waals surface area contributed by atoms with Crippen molar-refractivity contribution in [2.45, 2.75) is 18.9 Å². The van der Waals surface area contributed by atoms with Crippen LogP contribution in [0.25, 0.3) is 0 Å². The minimum Gasteiger partial charge on any atom is -0.380 e. The third-order valence-corrected chi connectivity index (χ3v) is 2.81. The zero-order valence-electron chi connectivity index (χ0n) is 7.59. The smallest absolute Gasteiger partial charge is 0.0593 e. The summed E-state index contributed by atoms with van der Waals surface area (Å²) in [4.78, 5) is 2.58. The summed E-state index contributed by atoms with van der Waals surface area (Å²) in [7, 11) is 0. The third kappa shape index (κ3) is 1.97. The second-order valence-electron chi connectivity index (χ2n) is 3.65. The van der Waals surface area contributed by atoms with Crippen LogP contribution in [0, 0.1) is 0 Å². The van der Waals surface area contributed by atoms with Crippen LogP contribution in [0.3, 0.4) is 0 Å². The van der Waals surface area contributed by atoms with Gasteiger partial charge in [0.15, 0.2) is 0 Å². The molecule has 2 fully saturated rings. The number of rotatable bonds is 1. The molecule has 12 heavy (non-hydrogen) atoms. The summed E-state index contributed by atoms with van der Waals surface area (Å²) < 4.78 is 5.42. The first kappa shape index (κ1) is 8.48. The zero-order valence-corrected chi connectivity index (χ0v) is 7.59. The highest BCUT2D eigenvalue weighted by molar-refractivity contribution is 4.81. The predicted molar refractivity (Wildman–Crippen MR) is 48.3 cm³/mol. The molecule has 0 radical (unpaired) electrons. The lowest BCUT2D eigenvalue weighted by molar-refractivity contribution is 0.134. The SMILES string of the molecule is C1COCCN(C2CCNC2)C1. The van der Waals surface area contributed by atoms with E-state index in [4.69, 9.17) is 4.74 Å². The Bertz CT molecular complexity index is 126. The summed E-state index contributed by atoms with van der Waals surface area (Å²) in [6, 6.07) is 0.784. The fourth-order valence-electron chi connectivity index (χ4n) is 2.08. The zero-order chi connectivity index (χ0) is 8.23. The van der Waals surface area contributed by atoms with Gasteiger partial charge in [0.25, 0.3) is 0 Å². The maximum Gasteiger partial charge on any atom is 0.0593 e. The number of hydrogen-bond donors (Lipinski definition) is 1. The number of ether oxygens (including phenoxy) is 1. The van der Waals surface area contributed by atoms with Crippen molar-refractivity contribution in [3.63, 3.8) is 0 Å². The van der Waals surface area contributed by atoms with E-state index in [-0.39, 0.29) is 0 Å². The first-order valence-corrected chi connectivity index (χ1v) is 4.99. The topological polar surface area (TPSA) is 24.5 Å². The van der Waals surface area contributed by atoms with E-state index in [0.717, 1.165) is 25.8 Å². The lowest BCUT2D eigenvalue weighted by Crippen LogP contribution is -2.38. The molecule has 1 N–H and O–H groups in total. The van der Waals surface area contributed by atoms with Crippen molar-refractivity contribution < 1.29 is 4.74 Å². The fraction of sp³-hybridized carbons (Fsp3) is 1.00. The Morgan fingerprint density at radius 3 is 3.08 bits per heavy atom. The molecule has 0 aromatic heterocycles. The summed E-state index contributed by atoms with van der Waals surface area (Å²) >= 11 is 0. The maximum absolute atomic E-state index is 5.42. The molecule has 0 aliphatic carbocycles. The molecular weight excluding hydrogens is 152 g/mol. The highest BCUT2D eigenvalue weighted by Crippen LogP contribution is 2.10. The van der Waals surface area contributed by atoms with E-state index in [9.17, 15) is 0 Å². The summed E-state index contributed by atoms with van der Waals surface area (Å²) in [6.07, 6.45) is 2.52. The quantitative estimate of drug-likeness (QED) is 0.603. The van der Waals surface area contributed by atoms with Gasteiger partial charge < -0.3 is 10.1 Å². The molecule has 3 nitrogen and oxygen atoms in total. The Kier molecular flexibility index (Phi) is 2.98. The first-order valence-electron chi connectivity index (χ1n) is 4.99. The van der Waals surface area contributed by atoms with Crippen molar-refractivity contribution in [1.29, 1.82) is 0 Å². The molecule has 2 heterocycles. The summed E-state index contributed by atoms with van der Waals surface area (Å²) in [5.41, 5.74) is 0. The van der Waals surface area contributed by atoms with E-state index in [1.54, 1.807) is 0 Å². The van der Waals surface area contributed by atoms with E-state index < -0.39 is 0 Å². The average molecular weight is 170 g/mol. The van der Waals surface area contributed by atoms with Gasteiger partial charge in [-0.05, 0) is 19.4 Å². The van der Waals surface area contributed by atoms with Gasteiger partial charge in [-0.15, -0.1) is 0 Å². The molecule has 0 spiro atoms. The molecule has 0 bridgehead atoms. The molecule has 1 atom stereocenters. The van der Waals surface area contributed by atoms with Gasteiger partial charge in [-0.2, -0.15) is 0 Å². The van der Waals surface area contributed by atoms with Gasteiger partial charge in [-0.3, -0.25) is 4.90 Å². The number of hydrogen-bond acceptors (Lipinski definition) is 3. The molecule has 2 saturated heterocycles. The lowest BCUT2D eigenvalue weighted by Gasteiger charge is -2.25. The van der Waals surface area contributed by atoms with Gasteiger partial charge in [0, 0.05) is 32.3 Å². The molecule has 2 aliphatic heterocycles. The van der Waals surface area contributed by atoms with Crippen LogP contribution in [0.4, 0.5) is 0 Å². The monoisotopic (exact) mass is 170 g/mol. The van der Waals surface area contributed by atoms with E-state index in [1.807, 2.05) is 0 Å². The standard InChI is InChI=1S/C9H18N2O/c1-4-11(5-7-12-6-1)9-2-3-10-8-9/h9-10H,1-8H2. The summed E-state index contributed by atoms with van der Waals surface area (Å²) in [5, 5.41) is 3.41. The largest absolute Gasteiger partial charge is 0.380 e.